The second-order valence-corrected chi connectivity index (χ2v) is 8.02. The first-order valence-corrected chi connectivity index (χ1v) is 10.5. The van der Waals surface area contributed by atoms with Crippen LogP contribution >= 0.6 is 11.6 Å². The van der Waals surface area contributed by atoms with E-state index in [9.17, 15) is 9.59 Å². The first-order valence-electron chi connectivity index (χ1n) is 10.1. The second-order valence-electron chi connectivity index (χ2n) is 7.61. The number of carbonyl (C=O) groups excluding carboxylic acids is 1. The van der Waals surface area contributed by atoms with E-state index in [1.807, 2.05) is 32.9 Å². The standard InChI is InChI=1S/C24H23ClN4O3/c1-14-12-22(31)28(13-21(30)26-17-8-10-18(32-4)11-9-17)24-23(14)16(3)27-29(24)20-7-5-6-19(25)15(20)2/h5-12H,13H2,1-4H3,(H,26,30). The van der Waals surface area contributed by atoms with Gasteiger partial charge in [0.2, 0.25) is 5.91 Å². The molecule has 0 fully saturated rings. The molecule has 4 rings (SSSR count). The van der Waals surface area contributed by atoms with Crippen LogP contribution < -0.4 is 15.6 Å². The molecule has 2 heterocycles. The van der Waals surface area contributed by atoms with Crippen LogP contribution in [0.3, 0.4) is 0 Å². The van der Waals surface area contributed by atoms with Crippen LogP contribution in [0.1, 0.15) is 16.8 Å². The number of aromatic nitrogens is 3. The number of nitrogens with zero attached hydrogens (tertiary/aromatic N) is 3. The Morgan fingerprint density at radius 3 is 2.53 bits per heavy atom. The Morgan fingerprint density at radius 2 is 1.84 bits per heavy atom. The van der Waals surface area contributed by atoms with Gasteiger partial charge in [0, 0.05) is 22.2 Å². The Kier molecular flexibility index (Phi) is 5.76. The molecule has 0 aliphatic carbocycles. The summed E-state index contributed by atoms with van der Waals surface area (Å²) in [5, 5.41) is 8.95. The molecule has 0 bridgehead atoms. The van der Waals surface area contributed by atoms with E-state index >= 15 is 0 Å². The first-order chi connectivity index (χ1) is 15.3. The van der Waals surface area contributed by atoms with Gasteiger partial charge in [0.15, 0.2) is 0 Å². The number of aryl methyl sites for hydroxylation is 2. The highest BCUT2D eigenvalue weighted by Crippen LogP contribution is 2.28. The number of benzene rings is 2. The lowest BCUT2D eigenvalue weighted by molar-refractivity contribution is -0.116. The summed E-state index contributed by atoms with van der Waals surface area (Å²) < 4.78 is 8.28. The molecule has 2 aromatic heterocycles. The van der Waals surface area contributed by atoms with E-state index in [2.05, 4.69) is 10.4 Å². The minimum atomic E-state index is -0.323. The molecule has 4 aromatic rings. The van der Waals surface area contributed by atoms with Gasteiger partial charge in [0.25, 0.3) is 5.56 Å². The van der Waals surface area contributed by atoms with Gasteiger partial charge in [-0.25, -0.2) is 4.68 Å². The maximum Gasteiger partial charge on any atom is 0.252 e. The molecular weight excluding hydrogens is 428 g/mol. The summed E-state index contributed by atoms with van der Waals surface area (Å²) in [4.78, 5) is 25.8. The summed E-state index contributed by atoms with van der Waals surface area (Å²) in [6.45, 7) is 5.49. The van der Waals surface area contributed by atoms with Crippen LogP contribution in [-0.2, 0) is 11.3 Å². The van der Waals surface area contributed by atoms with Gasteiger partial charge in [-0.3, -0.25) is 14.2 Å². The monoisotopic (exact) mass is 450 g/mol. The number of fused-ring (bicyclic) bond motifs is 1. The summed E-state index contributed by atoms with van der Waals surface area (Å²) in [7, 11) is 1.58. The van der Waals surface area contributed by atoms with Crippen molar-refractivity contribution in [3.63, 3.8) is 0 Å². The third-order valence-electron chi connectivity index (χ3n) is 5.43. The molecule has 0 unspecified atom stereocenters. The Bertz CT molecular complexity index is 1390. The van der Waals surface area contributed by atoms with Crippen molar-refractivity contribution in [1.29, 1.82) is 0 Å². The average Bonchev–Trinajstić information content (AvgIpc) is 3.11. The maximum absolute atomic E-state index is 13.0. The minimum absolute atomic E-state index is 0.160. The van der Waals surface area contributed by atoms with Gasteiger partial charge < -0.3 is 10.1 Å². The molecule has 0 aliphatic rings. The smallest absolute Gasteiger partial charge is 0.252 e. The van der Waals surface area contributed by atoms with E-state index in [1.165, 1.54) is 10.6 Å². The van der Waals surface area contributed by atoms with Crippen LogP contribution in [0.4, 0.5) is 5.69 Å². The summed E-state index contributed by atoms with van der Waals surface area (Å²) in [6, 6.07) is 14.1. The number of pyridine rings is 1. The third kappa shape index (κ3) is 3.87. The van der Waals surface area contributed by atoms with Crippen molar-refractivity contribution in [3.05, 3.63) is 80.7 Å². The Morgan fingerprint density at radius 1 is 1.12 bits per heavy atom. The number of hydrogen-bond donors (Lipinski definition) is 1. The normalized spacial score (nSPS) is 11.0. The molecule has 32 heavy (non-hydrogen) atoms. The van der Waals surface area contributed by atoms with Crippen molar-refractivity contribution in [1.82, 2.24) is 14.3 Å². The van der Waals surface area contributed by atoms with Crippen molar-refractivity contribution in [3.8, 4) is 11.4 Å². The highest BCUT2D eigenvalue weighted by atomic mass is 35.5. The number of amides is 1. The summed E-state index contributed by atoms with van der Waals surface area (Å²) in [6.07, 6.45) is 0. The van der Waals surface area contributed by atoms with Crippen LogP contribution in [0, 0.1) is 20.8 Å². The fourth-order valence-electron chi connectivity index (χ4n) is 3.83. The van der Waals surface area contributed by atoms with E-state index in [1.54, 1.807) is 42.1 Å². The third-order valence-corrected chi connectivity index (χ3v) is 5.84. The van der Waals surface area contributed by atoms with Crippen molar-refractivity contribution in [2.24, 2.45) is 0 Å². The number of ether oxygens (including phenoxy) is 1. The molecule has 0 saturated heterocycles. The van der Waals surface area contributed by atoms with Crippen molar-refractivity contribution < 1.29 is 9.53 Å². The van der Waals surface area contributed by atoms with Gasteiger partial charge >= 0.3 is 0 Å². The van der Waals surface area contributed by atoms with Crippen LogP contribution in [0.5, 0.6) is 5.75 Å². The number of methoxy groups -OCH3 is 1. The molecule has 0 atom stereocenters. The highest BCUT2D eigenvalue weighted by molar-refractivity contribution is 6.31. The average molecular weight is 451 g/mol. The second kappa shape index (κ2) is 8.51. The molecule has 0 saturated carbocycles. The predicted molar refractivity (Wildman–Crippen MR) is 126 cm³/mol. The number of nitrogens with one attached hydrogen (secondary N) is 1. The van der Waals surface area contributed by atoms with E-state index in [0.717, 1.165) is 27.9 Å². The number of rotatable bonds is 5. The van der Waals surface area contributed by atoms with Gasteiger partial charge in [-0.05, 0) is 68.3 Å². The Hall–Kier alpha value is -3.58. The fourth-order valence-corrected chi connectivity index (χ4v) is 4.00. The first kappa shape index (κ1) is 21.6. The van der Waals surface area contributed by atoms with Crippen molar-refractivity contribution in [2.45, 2.75) is 27.3 Å². The number of hydrogen-bond acceptors (Lipinski definition) is 4. The lowest BCUT2D eigenvalue weighted by atomic mass is 10.1. The van der Waals surface area contributed by atoms with E-state index in [4.69, 9.17) is 16.3 Å². The van der Waals surface area contributed by atoms with Gasteiger partial charge in [-0.1, -0.05) is 17.7 Å². The number of carbonyl (C=O) groups is 1. The lowest BCUT2D eigenvalue weighted by Gasteiger charge is -2.14. The number of anilines is 1. The molecule has 8 heteroatoms. The Balaban J connectivity index is 1.81. The van der Waals surface area contributed by atoms with Crippen LogP contribution in [0.15, 0.2) is 53.3 Å². The minimum Gasteiger partial charge on any atom is -0.497 e. The largest absolute Gasteiger partial charge is 0.497 e. The summed E-state index contributed by atoms with van der Waals surface area (Å²) in [5.74, 6) is 0.367. The molecule has 7 nitrogen and oxygen atoms in total. The van der Waals surface area contributed by atoms with Crippen LogP contribution in [0.2, 0.25) is 5.02 Å². The molecule has 0 radical (unpaired) electrons. The topological polar surface area (TPSA) is 78.2 Å². The van der Waals surface area contributed by atoms with Gasteiger partial charge in [0.1, 0.15) is 17.9 Å². The van der Waals surface area contributed by atoms with E-state index in [0.29, 0.717) is 22.1 Å². The maximum atomic E-state index is 13.0. The Labute approximate surface area is 190 Å². The zero-order valence-electron chi connectivity index (χ0n) is 18.3. The quantitative estimate of drug-likeness (QED) is 0.488. The van der Waals surface area contributed by atoms with Gasteiger partial charge in [0.05, 0.1) is 18.5 Å². The zero-order chi connectivity index (χ0) is 23.0. The number of halogens is 1. The molecule has 1 N–H and O–H groups in total. The molecule has 1 amide bonds. The molecule has 2 aromatic carbocycles. The van der Waals surface area contributed by atoms with Crippen LogP contribution in [0.25, 0.3) is 16.7 Å². The zero-order valence-corrected chi connectivity index (χ0v) is 19.0. The van der Waals surface area contributed by atoms with Crippen LogP contribution in [-0.4, -0.2) is 27.4 Å². The molecule has 164 valence electrons. The summed E-state index contributed by atoms with van der Waals surface area (Å²) >= 11 is 6.34. The molecular formula is C24H23ClN4O3. The van der Waals surface area contributed by atoms with E-state index < -0.39 is 0 Å². The molecule has 0 spiro atoms. The molecule has 0 aliphatic heterocycles. The van der Waals surface area contributed by atoms with Crippen molar-refractivity contribution in [2.75, 3.05) is 12.4 Å². The van der Waals surface area contributed by atoms with Crippen molar-refractivity contribution >= 4 is 34.2 Å². The van der Waals surface area contributed by atoms with Gasteiger partial charge in [-0.15, -0.1) is 0 Å². The predicted octanol–water partition coefficient (Wildman–Crippen LogP) is 4.41. The van der Waals surface area contributed by atoms with E-state index in [-0.39, 0.29) is 18.0 Å². The SMILES string of the molecule is COc1ccc(NC(=O)Cn2c(=O)cc(C)c3c(C)nn(-c4cccc(Cl)c4C)c32)cc1. The highest BCUT2D eigenvalue weighted by Gasteiger charge is 2.20. The fraction of sp³-hybridized carbons (Fsp3) is 0.208. The van der Waals surface area contributed by atoms with Gasteiger partial charge in [-0.2, -0.15) is 5.10 Å². The summed E-state index contributed by atoms with van der Waals surface area (Å²) in [5.41, 5.74) is 4.05. The lowest BCUT2D eigenvalue weighted by Crippen LogP contribution is -2.29.